The lowest BCUT2D eigenvalue weighted by molar-refractivity contribution is -0.143. The molecule has 0 amide bonds. The monoisotopic (exact) mass is 304 g/mol. The van der Waals surface area contributed by atoms with Gasteiger partial charge in [0, 0.05) is 12.1 Å². The highest BCUT2D eigenvalue weighted by Gasteiger charge is 2.25. The molecule has 3 rings (SSSR count). The van der Waals surface area contributed by atoms with Crippen molar-refractivity contribution in [1.29, 1.82) is 0 Å². The van der Waals surface area contributed by atoms with Gasteiger partial charge in [-0.1, -0.05) is 0 Å². The molecule has 0 atom stereocenters. The van der Waals surface area contributed by atoms with Gasteiger partial charge in [0.1, 0.15) is 12.4 Å². The molecule has 0 saturated carbocycles. The number of Topliss-reactive ketones (excluding diaryl/α,β-unsaturated/α-hetero) is 1. The van der Waals surface area contributed by atoms with Crippen molar-refractivity contribution in [1.82, 2.24) is 4.90 Å². The molecule has 2 heterocycles. The Morgan fingerprint density at radius 3 is 2.82 bits per heavy atom. The molecule has 1 fully saturated rings. The summed E-state index contributed by atoms with van der Waals surface area (Å²) in [5.74, 6) is -0.155. The van der Waals surface area contributed by atoms with Gasteiger partial charge in [-0.2, -0.15) is 0 Å². The molecule has 1 saturated heterocycles. The van der Waals surface area contributed by atoms with Crippen molar-refractivity contribution in [3.63, 3.8) is 0 Å². The molecule has 2 aliphatic heterocycles. The summed E-state index contributed by atoms with van der Waals surface area (Å²) in [5, 5.41) is 12.2. The number of aliphatic carboxylic acids is 1. The van der Waals surface area contributed by atoms with Crippen molar-refractivity contribution >= 4 is 17.4 Å². The Labute approximate surface area is 129 Å². The molecule has 2 N–H and O–H groups in total. The summed E-state index contributed by atoms with van der Waals surface area (Å²) in [6.07, 6.45) is 1.23. The van der Waals surface area contributed by atoms with Crippen LogP contribution in [0.4, 0.5) is 5.69 Å². The molecule has 6 heteroatoms. The molecule has 22 heavy (non-hydrogen) atoms. The van der Waals surface area contributed by atoms with Crippen LogP contribution in [0.2, 0.25) is 0 Å². The smallest absolute Gasteiger partial charge is 0.306 e. The van der Waals surface area contributed by atoms with Gasteiger partial charge in [0.2, 0.25) is 0 Å². The maximum absolute atomic E-state index is 12.4. The Morgan fingerprint density at radius 2 is 2.09 bits per heavy atom. The number of carbonyl (C=O) groups is 2. The fraction of sp³-hybridized carbons (Fsp3) is 0.500. The van der Waals surface area contributed by atoms with E-state index >= 15 is 0 Å². The zero-order chi connectivity index (χ0) is 15.5. The third kappa shape index (κ3) is 3.22. The average Bonchev–Trinajstić information content (AvgIpc) is 2.55. The normalized spacial score (nSPS) is 18.9. The number of rotatable bonds is 4. The predicted molar refractivity (Wildman–Crippen MR) is 81.6 cm³/mol. The minimum absolute atomic E-state index is 0.0592. The van der Waals surface area contributed by atoms with Crippen LogP contribution in [0.5, 0.6) is 5.75 Å². The van der Waals surface area contributed by atoms with E-state index in [9.17, 15) is 9.59 Å². The lowest BCUT2D eigenvalue weighted by Crippen LogP contribution is -2.39. The second-order valence-electron chi connectivity index (χ2n) is 5.80. The van der Waals surface area contributed by atoms with E-state index < -0.39 is 5.97 Å². The van der Waals surface area contributed by atoms with Gasteiger partial charge in [0.15, 0.2) is 5.78 Å². The minimum Gasteiger partial charge on any atom is -0.490 e. The van der Waals surface area contributed by atoms with Crippen LogP contribution in [0.25, 0.3) is 0 Å². The number of carboxylic acids is 1. The van der Waals surface area contributed by atoms with E-state index in [4.69, 9.17) is 9.84 Å². The van der Waals surface area contributed by atoms with Gasteiger partial charge < -0.3 is 15.2 Å². The topological polar surface area (TPSA) is 78.9 Å². The fourth-order valence-corrected chi connectivity index (χ4v) is 2.95. The molecular formula is C16H20N2O4. The van der Waals surface area contributed by atoms with Crippen molar-refractivity contribution < 1.29 is 19.4 Å². The van der Waals surface area contributed by atoms with Crippen molar-refractivity contribution in [2.24, 2.45) is 5.92 Å². The zero-order valence-electron chi connectivity index (χ0n) is 12.4. The van der Waals surface area contributed by atoms with Gasteiger partial charge in [-0.3, -0.25) is 14.5 Å². The summed E-state index contributed by atoms with van der Waals surface area (Å²) in [6, 6.07) is 5.45. The Balaban J connectivity index is 1.59. The quantitative estimate of drug-likeness (QED) is 0.820. The van der Waals surface area contributed by atoms with E-state index in [2.05, 4.69) is 5.32 Å². The number of benzene rings is 1. The number of hydrogen-bond donors (Lipinski definition) is 2. The molecule has 0 unspecified atom stereocenters. The number of piperidine rings is 1. The first-order chi connectivity index (χ1) is 10.6. The number of likely N-dealkylation sites (tertiary alicyclic amines) is 1. The van der Waals surface area contributed by atoms with Crippen molar-refractivity contribution in [2.75, 3.05) is 38.1 Å². The molecule has 0 aliphatic carbocycles. The van der Waals surface area contributed by atoms with Crippen LogP contribution in [0.1, 0.15) is 23.2 Å². The average molecular weight is 304 g/mol. The Kier molecular flexibility index (Phi) is 4.29. The van der Waals surface area contributed by atoms with Crippen LogP contribution < -0.4 is 10.1 Å². The van der Waals surface area contributed by atoms with Gasteiger partial charge in [0.05, 0.1) is 18.2 Å². The Morgan fingerprint density at radius 1 is 1.32 bits per heavy atom. The lowest BCUT2D eigenvalue weighted by atomic mass is 9.96. The number of carbonyl (C=O) groups excluding carboxylic acids is 1. The second kappa shape index (κ2) is 6.36. The first kappa shape index (κ1) is 14.8. The number of nitrogens with one attached hydrogen (secondary N) is 1. The number of nitrogens with zero attached hydrogens (tertiary/aromatic N) is 1. The summed E-state index contributed by atoms with van der Waals surface area (Å²) in [5.41, 5.74) is 1.53. The second-order valence-corrected chi connectivity index (χ2v) is 5.80. The van der Waals surface area contributed by atoms with E-state index in [0.717, 1.165) is 18.0 Å². The molecule has 0 radical (unpaired) electrons. The van der Waals surface area contributed by atoms with E-state index in [1.54, 1.807) is 6.07 Å². The third-order valence-electron chi connectivity index (χ3n) is 4.28. The van der Waals surface area contributed by atoms with Crippen molar-refractivity contribution in [3.05, 3.63) is 23.8 Å². The maximum Gasteiger partial charge on any atom is 0.306 e. The Bertz CT molecular complexity index is 580. The molecule has 1 aromatic carbocycles. The molecule has 118 valence electrons. The van der Waals surface area contributed by atoms with Crippen molar-refractivity contribution in [3.8, 4) is 5.75 Å². The summed E-state index contributed by atoms with van der Waals surface area (Å²) in [6.45, 7) is 3.04. The highest BCUT2D eigenvalue weighted by atomic mass is 16.5. The number of ketones is 1. The molecule has 0 spiro atoms. The molecule has 0 aromatic heterocycles. The number of fused-ring (bicyclic) bond motifs is 1. The van der Waals surface area contributed by atoms with Crippen LogP contribution in [0, 0.1) is 5.92 Å². The fourth-order valence-electron chi connectivity index (χ4n) is 2.95. The zero-order valence-corrected chi connectivity index (χ0v) is 12.4. The van der Waals surface area contributed by atoms with E-state index in [1.165, 1.54) is 0 Å². The molecule has 1 aromatic rings. The van der Waals surface area contributed by atoms with Gasteiger partial charge in [-0.05, 0) is 44.1 Å². The van der Waals surface area contributed by atoms with E-state index in [-0.39, 0.29) is 11.7 Å². The summed E-state index contributed by atoms with van der Waals surface area (Å²) in [4.78, 5) is 25.4. The maximum atomic E-state index is 12.4. The molecule has 6 nitrogen and oxygen atoms in total. The van der Waals surface area contributed by atoms with E-state index in [0.29, 0.717) is 44.6 Å². The summed E-state index contributed by atoms with van der Waals surface area (Å²) < 4.78 is 5.50. The van der Waals surface area contributed by atoms with Crippen molar-refractivity contribution in [2.45, 2.75) is 12.8 Å². The Hall–Kier alpha value is -2.08. The first-order valence-corrected chi connectivity index (χ1v) is 7.62. The lowest BCUT2D eigenvalue weighted by Gasteiger charge is -2.29. The largest absolute Gasteiger partial charge is 0.490 e. The highest BCUT2D eigenvalue weighted by Crippen LogP contribution is 2.28. The predicted octanol–water partition coefficient (Wildman–Crippen LogP) is 1.47. The van der Waals surface area contributed by atoms with E-state index in [1.807, 2.05) is 17.0 Å². The number of anilines is 1. The minimum atomic E-state index is -0.730. The van der Waals surface area contributed by atoms with Gasteiger partial charge in [-0.15, -0.1) is 0 Å². The standard InChI is InChI=1S/C16H20N2O4/c19-14(10-18-6-3-11(4-7-18)16(20)21)12-1-2-15-13(9-12)17-5-8-22-15/h1-2,9,11,17H,3-8,10H2,(H,20,21). The van der Waals surface area contributed by atoms with Crippen LogP contribution >= 0.6 is 0 Å². The highest BCUT2D eigenvalue weighted by molar-refractivity contribution is 5.98. The number of hydrogen-bond acceptors (Lipinski definition) is 5. The number of ether oxygens (including phenoxy) is 1. The SMILES string of the molecule is O=C(CN1CCC(C(=O)O)CC1)c1ccc2c(c1)NCCO2. The van der Waals surface area contributed by atoms with Crippen LogP contribution in [0.3, 0.4) is 0 Å². The van der Waals surface area contributed by atoms with Crippen LogP contribution in [-0.2, 0) is 4.79 Å². The molecule has 0 bridgehead atoms. The van der Waals surface area contributed by atoms with Crippen LogP contribution in [0.15, 0.2) is 18.2 Å². The van der Waals surface area contributed by atoms with Gasteiger partial charge in [-0.25, -0.2) is 0 Å². The number of carboxylic acid groups (broad SMARTS) is 1. The van der Waals surface area contributed by atoms with Gasteiger partial charge in [0.25, 0.3) is 0 Å². The van der Waals surface area contributed by atoms with Gasteiger partial charge >= 0.3 is 5.97 Å². The third-order valence-corrected chi connectivity index (χ3v) is 4.28. The first-order valence-electron chi connectivity index (χ1n) is 7.62. The molecule has 2 aliphatic rings. The van der Waals surface area contributed by atoms with Crippen LogP contribution in [-0.4, -0.2) is 54.5 Å². The summed E-state index contributed by atoms with van der Waals surface area (Å²) >= 11 is 0. The molecular weight excluding hydrogens is 284 g/mol. The summed E-state index contributed by atoms with van der Waals surface area (Å²) in [7, 11) is 0.